The fourth-order valence-electron chi connectivity index (χ4n) is 3.54. The first-order valence-electron chi connectivity index (χ1n) is 9.93. The molecule has 2 rings (SSSR count). The fourth-order valence-corrected chi connectivity index (χ4v) is 3.54. The van der Waals surface area contributed by atoms with E-state index in [1.165, 1.54) is 32.4 Å². The van der Waals surface area contributed by atoms with E-state index in [2.05, 4.69) is 34.4 Å². The van der Waals surface area contributed by atoms with Crippen LogP contribution >= 0.6 is 24.0 Å². The van der Waals surface area contributed by atoms with Crippen LogP contribution in [-0.4, -0.2) is 64.4 Å². The van der Waals surface area contributed by atoms with Gasteiger partial charge in [-0.25, -0.2) is 0 Å². The molecule has 1 aromatic carbocycles. The maximum absolute atomic E-state index is 5.50. The molecule has 0 unspecified atom stereocenters. The first-order chi connectivity index (χ1) is 13.4. The molecule has 0 spiro atoms. The second-order valence-electron chi connectivity index (χ2n) is 7.66. The van der Waals surface area contributed by atoms with E-state index >= 15 is 0 Å². The first-order valence-corrected chi connectivity index (χ1v) is 9.93. The van der Waals surface area contributed by atoms with Gasteiger partial charge in [-0.1, -0.05) is 6.42 Å². The normalized spacial score (nSPS) is 15.3. The van der Waals surface area contributed by atoms with Crippen molar-refractivity contribution in [1.29, 1.82) is 0 Å². The molecule has 0 radical (unpaired) electrons. The van der Waals surface area contributed by atoms with Crippen molar-refractivity contribution >= 4 is 29.9 Å². The van der Waals surface area contributed by atoms with Crippen LogP contribution < -0.4 is 24.8 Å². The zero-order chi connectivity index (χ0) is 20.6. The van der Waals surface area contributed by atoms with Crippen LogP contribution in [0.3, 0.4) is 0 Å². The number of halogens is 1. The molecule has 1 aliphatic rings. The molecule has 1 aliphatic heterocycles. The molecule has 8 heteroatoms. The number of benzene rings is 1. The van der Waals surface area contributed by atoms with Gasteiger partial charge in [0.15, 0.2) is 17.5 Å². The Bertz CT molecular complexity index is 662. The predicted octanol–water partition coefficient (Wildman–Crippen LogP) is 3.26. The van der Waals surface area contributed by atoms with Gasteiger partial charge in [0.25, 0.3) is 0 Å². The molecule has 7 nitrogen and oxygen atoms in total. The Labute approximate surface area is 192 Å². The zero-order valence-corrected chi connectivity index (χ0v) is 21.0. The van der Waals surface area contributed by atoms with Crippen molar-refractivity contribution in [3.8, 4) is 17.2 Å². The maximum atomic E-state index is 5.50. The Morgan fingerprint density at radius 1 is 0.966 bits per heavy atom. The highest BCUT2D eigenvalue weighted by Gasteiger charge is 2.27. The number of methoxy groups -OCH3 is 3. The van der Waals surface area contributed by atoms with Crippen LogP contribution in [0.15, 0.2) is 17.1 Å². The summed E-state index contributed by atoms with van der Waals surface area (Å²) in [7, 11) is 6.68. The summed E-state index contributed by atoms with van der Waals surface area (Å²) in [6, 6.07) is 3.76. The molecule has 1 saturated heterocycles. The Hall–Kier alpha value is -1.42. The van der Waals surface area contributed by atoms with E-state index in [1.54, 1.807) is 28.4 Å². The van der Waals surface area contributed by atoms with Gasteiger partial charge in [0.2, 0.25) is 0 Å². The highest BCUT2D eigenvalue weighted by Crippen LogP contribution is 2.34. The minimum absolute atomic E-state index is 0. The Morgan fingerprint density at radius 2 is 1.55 bits per heavy atom. The van der Waals surface area contributed by atoms with Crippen LogP contribution in [0.25, 0.3) is 0 Å². The molecule has 1 aromatic rings. The molecule has 166 valence electrons. The number of hydrogen-bond donors (Lipinski definition) is 2. The largest absolute Gasteiger partial charge is 0.496 e. The lowest BCUT2D eigenvalue weighted by molar-refractivity contribution is 0.0982. The number of guanidine groups is 1. The minimum atomic E-state index is 0. The van der Waals surface area contributed by atoms with Crippen LogP contribution in [0.2, 0.25) is 0 Å². The number of aliphatic imine (C=N–C) groups is 1. The third-order valence-electron chi connectivity index (χ3n) is 5.36. The zero-order valence-electron chi connectivity index (χ0n) is 18.6. The topological polar surface area (TPSA) is 67.4 Å². The standard InChI is InChI=1S/C21H36N4O3.HI/c1-21(2,25-10-8-7-9-11-25)15-24-20(22-3)23-14-16-12-18(27-5)19(28-6)13-17(16)26-4;/h12-13H,7-11,14-15H2,1-6H3,(H2,22,23,24);1H. The third kappa shape index (κ3) is 7.09. The van der Waals surface area contributed by atoms with Crippen molar-refractivity contribution in [1.82, 2.24) is 15.5 Å². The van der Waals surface area contributed by atoms with Gasteiger partial charge >= 0.3 is 0 Å². The smallest absolute Gasteiger partial charge is 0.191 e. The van der Waals surface area contributed by atoms with Crippen LogP contribution in [0, 0.1) is 0 Å². The second kappa shape index (κ2) is 12.3. The monoisotopic (exact) mass is 520 g/mol. The molecule has 0 aromatic heterocycles. The van der Waals surface area contributed by atoms with Crippen LogP contribution in [-0.2, 0) is 6.54 Å². The summed E-state index contributed by atoms with van der Waals surface area (Å²) in [5, 5.41) is 6.84. The number of piperidine rings is 1. The van der Waals surface area contributed by atoms with Crippen molar-refractivity contribution in [2.24, 2.45) is 4.99 Å². The Morgan fingerprint density at radius 3 is 2.10 bits per heavy atom. The van der Waals surface area contributed by atoms with Crippen molar-refractivity contribution in [3.05, 3.63) is 17.7 Å². The SMILES string of the molecule is CN=C(NCc1cc(OC)c(OC)cc1OC)NCC(C)(C)N1CCCCC1.I. The van der Waals surface area contributed by atoms with E-state index in [9.17, 15) is 0 Å². The fraction of sp³-hybridized carbons (Fsp3) is 0.667. The van der Waals surface area contributed by atoms with Crippen LogP contribution in [0.5, 0.6) is 17.2 Å². The summed E-state index contributed by atoms with van der Waals surface area (Å²) >= 11 is 0. The van der Waals surface area contributed by atoms with Gasteiger partial charge in [0.05, 0.1) is 21.3 Å². The molecule has 0 bridgehead atoms. The highest BCUT2D eigenvalue weighted by molar-refractivity contribution is 14.0. The van der Waals surface area contributed by atoms with Crippen molar-refractivity contribution in [2.75, 3.05) is 48.0 Å². The lowest BCUT2D eigenvalue weighted by atomic mass is 9.98. The Balaban J connectivity index is 0.00000420. The van der Waals surface area contributed by atoms with Crippen LogP contribution in [0.1, 0.15) is 38.7 Å². The molecule has 2 N–H and O–H groups in total. The molecular formula is C21H37IN4O3. The molecular weight excluding hydrogens is 483 g/mol. The van der Waals surface area contributed by atoms with Gasteiger partial charge in [-0.3, -0.25) is 9.89 Å². The number of nitrogens with zero attached hydrogens (tertiary/aromatic N) is 2. The molecule has 1 fully saturated rings. The van der Waals surface area contributed by atoms with Gasteiger partial charge in [0, 0.05) is 37.3 Å². The first kappa shape index (κ1) is 25.6. The average molecular weight is 520 g/mol. The molecule has 0 amide bonds. The van der Waals surface area contributed by atoms with Crippen LogP contribution in [0.4, 0.5) is 0 Å². The number of ether oxygens (including phenoxy) is 3. The van der Waals surface area contributed by atoms with Gasteiger partial charge in [0.1, 0.15) is 5.75 Å². The summed E-state index contributed by atoms with van der Waals surface area (Å²) in [5.74, 6) is 2.83. The second-order valence-corrected chi connectivity index (χ2v) is 7.66. The summed E-state index contributed by atoms with van der Waals surface area (Å²) in [5.41, 5.74) is 1.05. The van der Waals surface area contributed by atoms with Crippen molar-refractivity contribution in [3.63, 3.8) is 0 Å². The summed E-state index contributed by atoms with van der Waals surface area (Å²) in [6.07, 6.45) is 3.92. The van der Waals surface area contributed by atoms with Gasteiger partial charge in [-0.15, -0.1) is 24.0 Å². The highest BCUT2D eigenvalue weighted by atomic mass is 127. The predicted molar refractivity (Wildman–Crippen MR) is 129 cm³/mol. The maximum Gasteiger partial charge on any atom is 0.191 e. The van der Waals surface area contributed by atoms with Gasteiger partial charge in [-0.2, -0.15) is 0 Å². The van der Waals surface area contributed by atoms with E-state index < -0.39 is 0 Å². The molecule has 29 heavy (non-hydrogen) atoms. The lowest BCUT2D eigenvalue weighted by Gasteiger charge is -2.41. The van der Waals surface area contributed by atoms with E-state index in [4.69, 9.17) is 14.2 Å². The van der Waals surface area contributed by atoms with Gasteiger partial charge < -0.3 is 24.8 Å². The minimum Gasteiger partial charge on any atom is -0.496 e. The number of likely N-dealkylation sites (tertiary alicyclic amines) is 1. The lowest BCUT2D eigenvalue weighted by Crippen LogP contribution is -2.54. The number of hydrogen-bond acceptors (Lipinski definition) is 5. The van der Waals surface area contributed by atoms with Crippen molar-refractivity contribution < 1.29 is 14.2 Å². The third-order valence-corrected chi connectivity index (χ3v) is 5.36. The van der Waals surface area contributed by atoms with Gasteiger partial charge in [-0.05, 0) is 45.8 Å². The summed E-state index contributed by atoms with van der Waals surface area (Å²) in [4.78, 5) is 6.93. The number of nitrogens with one attached hydrogen (secondary N) is 2. The summed E-state index contributed by atoms with van der Waals surface area (Å²) < 4.78 is 16.3. The molecule has 0 atom stereocenters. The van der Waals surface area contributed by atoms with E-state index in [1.807, 2.05) is 12.1 Å². The molecule has 0 saturated carbocycles. The Kier molecular flexibility index (Phi) is 10.9. The number of rotatable bonds is 8. The molecule has 1 heterocycles. The average Bonchev–Trinajstić information content (AvgIpc) is 2.73. The quantitative estimate of drug-likeness (QED) is 0.312. The van der Waals surface area contributed by atoms with E-state index in [0.717, 1.165) is 23.8 Å². The summed E-state index contributed by atoms with van der Waals surface area (Å²) in [6.45, 7) is 8.31. The van der Waals surface area contributed by atoms with E-state index in [-0.39, 0.29) is 29.5 Å². The van der Waals surface area contributed by atoms with Crippen molar-refractivity contribution in [2.45, 2.75) is 45.2 Å². The molecule has 0 aliphatic carbocycles. The van der Waals surface area contributed by atoms with E-state index in [0.29, 0.717) is 18.0 Å².